The van der Waals surface area contributed by atoms with Crippen molar-refractivity contribution in [2.24, 2.45) is 0 Å². The number of hydrogen-bond donors (Lipinski definition) is 4. The molecule has 1 unspecified atom stereocenters. The van der Waals surface area contributed by atoms with Gasteiger partial charge in [-0.15, -0.1) is 0 Å². The van der Waals surface area contributed by atoms with Gasteiger partial charge in [0.05, 0.1) is 12.7 Å². The predicted octanol–water partition coefficient (Wildman–Crippen LogP) is 3.22. The first-order chi connectivity index (χ1) is 22.8. The number of rotatable bonds is 12. The van der Waals surface area contributed by atoms with Crippen LogP contribution in [0.15, 0.2) is 72.8 Å². The molecule has 2 atom stereocenters. The molecule has 0 saturated carbocycles. The Hall–Kier alpha value is -5.59. The number of hydrogen-bond acceptors (Lipinski definition) is 7. The van der Waals surface area contributed by atoms with E-state index < -0.39 is 58.6 Å². The van der Waals surface area contributed by atoms with Crippen molar-refractivity contribution in [3.05, 3.63) is 95.1 Å². The summed E-state index contributed by atoms with van der Waals surface area (Å²) in [4.78, 5) is 76.6. The van der Waals surface area contributed by atoms with Crippen LogP contribution in [0.1, 0.15) is 53.2 Å². The Labute approximate surface area is 275 Å². The number of aliphatic carboxylic acids is 2. The fourth-order valence-electron chi connectivity index (χ4n) is 5.63. The second kappa shape index (κ2) is 15.3. The van der Waals surface area contributed by atoms with E-state index >= 15 is 4.39 Å². The highest BCUT2D eigenvalue weighted by molar-refractivity contribution is 6.06. The number of likely N-dealkylation sites (tertiary alicyclic amines) is 1. The second-order valence-electron chi connectivity index (χ2n) is 11.5. The number of carboxylic acid groups (broad SMARTS) is 2. The fourth-order valence-corrected chi connectivity index (χ4v) is 5.63. The third kappa shape index (κ3) is 8.03. The second-order valence-corrected chi connectivity index (χ2v) is 11.5. The first kappa shape index (κ1) is 35.3. The molecule has 3 amide bonds. The van der Waals surface area contributed by atoms with E-state index in [0.29, 0.717) is 25.9 Å². The molecule has 0 aromatic heterocycles. The molecule has 4 N–H and O–H groups in total. The minimum absolute atomic E-state index is 0.152. The number of methoxy groups -OCH3 is 1. The first-order valence-electron chi connectivity index (χ1n) is 15.2. The molecule has 3 aromatic rings. The Kier molecular flexibility index (Phi) is 11.3. The number of nitrogens with zero attached hydrogens (tertiary/aromatic N) is 1. The Morgan fingerprint density at radius 1 is 0.938 bits per heavy atom. The number of alkyl halides is 1. The zero-order valence-electron chi connectivity index (χ0n) is 26.4. The van der Waals surface area contributed by atoms with Crippen molar-refractivity contribution in [2.45, 2.75) is 56.9 Å². The van der Waals surface area contributed by atoms with Crippen molar-refractivity contribution in [1.82, 2.24) is 15.5 Å². The summed E-state index contributed by atoms with van der Waals surface area (Å²) in [6.45, 7) is 2.01. The van der Waals surface area contributed by atoms with Gasteiger partial charge in [-0.3, -0.25) is 14.4 Å². The highest BCUT2D eigenvalue weighted by Crippen LogP contribution is 2.32. The topological polar surface area (TPSA) is 179 Å². The molecule has 1 heterocycles. The van der Waals surface area contributed by atoms with Crippen LogP contribution >= 0.6 is 0 Å². The number of esters is 1. The lowest BCUT2D eigenvalue weighted by atomic mass is 9.89. The Balaban J connectivity index is 1.52. The summed E-state index contributed by atoms with van der Waals surface area (Å²) in [5.41, 5.74) is -2.45. The molecule has 1 fully saturated rings. The largest absolute Gasteiger partial charge is 0.478 e. The van der Waals surface area contributed by atoms with Crippen LogP contribution in [0.5, 0.6) is 0 Å². The molecule has 13 heteroatoms. The lowest BCUT2D eigenvalue weighted by Crippen LogP contribution is -2.54. The maximum absolute atomic E-state index is 15.2. The van der Waals surface area contributed by atoms with Gasteiger partial charge in [-0.25, -0.2) is 18.8 Å². The van der Waals surface area contributed by atoms with Crippen molar-refractivity contribution in [2.75, 3.05) is 13.7 Å². The standard InChI is InChI=1S/C35H36FN3O9/c1-21(40)37-29(19-23-13-16-27(26(18-23)32(43)48-2)35(36,33(44)45)34(46)47)30(41)38-28-10-6-7-17-39(31(28)42)20-22-11-14-25(15-12-22)24-8-4-3-5-9-24/h3-5,8-9,11-16,18,28-29H,6-7,10,17,19-20H2,1-2H3,(H,37,40)(H,38,41)(H,44,45)(H,46,47)/t28-,29?/m0/s1. The minimum atomic E-state index is -3.97. The summed E-state index contributed by atoms with van der Waals surface area (Å²) >= 11 is 0. The van der Waals surface area contributed by atoms with Gasteiger partial charge in [0.1, 0.15) is 12.1 Å². The Morgan fingerprint density at radius 2 is 1.56 bits per heavy atom. The third-order valence-corrected chi connectivity index (χ3v) is 8.12. The molecule has 0 radical (unpaired) electrons. The molecule has 0 bridgehead atoms. The maximum atomic E-state index is 15.2. The summed E-state index contributed by atoms with van der Waals surface area (Å²) in [7, 11) is 0.945. The van der Waals surface area contributed by atoms with E-state index in [2.05, 4.69) is 15.4 Å². The highest BCUT2D eigenvalue weighted by Gasteiger charge is 2.51. The number of nitrogens with one attached hydrogen (secondary N) is 2. The molecule has 1 aliphatic heterocycles. The summed E-state index contributed by atoms with van der Waals surface area (Å²) in [5, 5.41) is 23.9. The smallest absolute Gasteiger partial charge is 0.358 e. The van der Waals surface area contributed by atoms with Crippen molar-refractivity contribution in [3.63, 3.8) is 0 Å². The van der Waals surface area contributed by atoms with E-state index in [1.165, 1.54) is 6.92 Å². The molecule has 4 rings (SSSR count). The number of benzene rings is 3. The molecule has 1 aliphatic rings. The van der Waals surface area contributed by atoms with Crippen LogP contribution in [0.4, 0.5) is 4.39 Å². The zero-order chi connectivity index (χ0) is 35.0. The highest BCUT2D eigenvalue weighted by atomic mass is 19.1. The van der Waals surface area contributed by atoms with Crippen molar-refractivity contribution >= 4 is 35.6 Å². The number of carbonyl (C=O) groups is 6. The summed E-state index contributed by atoms with van der Waals surface area (Å²) in [6, 6.07) is 18.6. The van der Waals surface area contributed by atoms with Gasteiger partial charge in [0.2, 0.25) is 17.7 Å². The van der Waals surface area contributed by atoms with Gasteiger partial charge < -0.3 is 30.5 Å². The molecule has 0 aliphatic carbocycles. The van der Waals surface area contributed by atoms with Crippen molar-refractivity contribution in [1.29, 1.82) is 0 Å². The molecule has 12 nitrogen and oxygen atoms in total. The van der Waals surface area contributed by atoms with Gasteiger partial charge >= 0.3 is 23.6 Å². The van der Waals surface area contributed by atoms with Gasteiger partial charge in [-0.2, -0.15) is 0 Å². The Morgan fingerprint density at radius 3 is 2.17 bits per heavy atom. The van der Waals surface area contributed by atoms with Crippen LogP contribution < -0.4 is 10.6 Å². The third-order valence-electron chi connectivity index (χ3n) is 8.12. The van der Waals surface area contributed by atoms with E-state index in [4.69, 9.17) is 0 Å². The average molecular weight is 662 g/mol. The minimum Gasteiger partial charge on any atom is -0.478 e. The van der Waals surface area contributed by atoms with E-state index in [1.54, 1.807) is 4.90 Å². The molecular formula is C35H36FN3O9. The molecule has 252 valence electrons. The molecule has 1 saturated heterocycles. The maximum Gasteiger partial charge on any atom is 0.358 e. The van der Waals surface area contributed by atoms with Gasteiger partial charge in [0.25, 0.3) is 0 Å². The van der Waals surface area contributed by atoms with E-state index in [0.717, 1.165) is 48.4 Å². The lowest BCUT2D eigenvalue weighted by molar-refractivity contribution is -0.168. The van der Waals surface area contributed by atoms with E-state index in [9.17, 15) is 39.0 Å². The molecule has 48 heavy (non-hydrogen) atoms. The van der Waals surface area contributed by atoms with Gasteiger partial charge in [0, 0.05) is 32.0 Å². The molecule has 0 spiro atoms. The zero-order valence-corrected chi connectivity index (χ0v) is 26.4. The lowest BCUT2D eigenvalue weighted by Gasteiger charge is -2.27. The molecule has 3 aromatic carbocycles. The fraction of sp³-hybridized carbons (Fsp3) is 0.314. The van der Waals surface area contributed by atoms with Crippen molar-refractivity contribution in [3.8, 4) is 11.1 Å². The quantitative estimate of drug-likeness (QED) is 0.168. The SMILES string of the molecule is COC(=O)c1cc(CC(NC(C)=O)C(=O)N[C@H]2CCCCN(Cc3ccc(-c4ccccc4)cc3)C2=O)ccc1C(F)(C(=O)O)C(=O)O. The summed E-state index contributed by atoms with van der Waals surface area (Å²) in [6.07, 6.45) is 1.48. The summed E-state index contributed by atoms with van der Waals surface area (Å²) in [5.74, 6) is -7.47. The number of carboxylic acids is 2. The normalized spacial score (nSPS) is 15.5. The van der Waals surface area contributed by atoms with Crippen LogP contribution in [0, 0.1) is 0 Å². The first-order valence-corrected chi connectivity index (χ1v) is 15.2. The van der Waals surface area contributed by atoms with Crippen LogP contribution in [-0.4, -0.2) is 76.5 Å². The van der Waals surface area contributed by atoms with E-state index in [-0.39, 0.29) is 17.9 Å². The Bertz CT molecular complexity index is 1680. The number of amides is 3. The van der Waals surface area contributed by atoms with Gasteiger partial charge in [-0.1, -0.05) is 66.7 Å². The van der Waals surface area contributed by atoms with Crippen LogP contribution in [0.2, 0.25) is 0 Å². The van der Waals surface area contributed by atoms with Crippen LogP contribution in [0.3, 0.4) is 0 Å². The number of carbonyl (C=O) groups excluding carboxylic acids is 4. The molecular weight excluding hydrogens is 625 g/mol. The van der Waals surface area contributed by atoms with Gasteiger partial charge in [-0.05, 0) is 47.6 Å². The van der Waals surface area contributed by atoms with Crippen molar-refractivity contribution < 1.29 is 48.1 Å². The monoisotopic (exact) mass is 661 g/mol. The summed E-state index contributed by atoms with van der Waals surface area (Å²) < 4.78 is 19.9. The van der Waals surface area contributed by atoms with Crippen LogP contribution in [-0.2, 0) is 47.3 Å². The predicted molar refractivity (Wildman–Crippen MR) is 170 cm³/mol. The number of halogens is 1. The average Bonchev–Trinajstić information content (AvgIpc) is 3.24. The van der Waals surface area contributed by atoms with Gasteiger partial charge in [0.15, 0.2) is 0 Å². The van der Waals surface area contributed by atoms with E-state index in [1.807, 2.05) is 54.6 Å². The number of ether oxygens (including phenoxy) is 1. The van der Waals surface area contributed by atoms with Crippen LogP contribution in [0.25, 0.3) is 11.1 Å².